The first-order chi connectivity index (χ1) is 13.0. The molecule has 3 rings (SSSR count). The van der Waals surface area contributed by atoms with Crippen LogP contribution in [0.15, 0.2) is 30.3 Å². The summed E-state index contributed by atoms with van der Waals surface area (Å²) < 4.78 is 20.8. The molecule has 1 heterocycles. The Balaban J connectivity index is 1.62. The number of carbonyl (C=O) groups is 2. The van der Waals surface area contributed by atoms with E-state index in [1.807, 2.05) is 0 Å². The largest absolute Gasteiger partial charge is 0.495 e. The summed E-state index contributed by atoms with van der Waals surface area (Å²) in [6.07, 6.45) is 0.745. The van der Waals surface area contributed by atoms with Gasteiger partial charge in [-0.1, -0.05) is 11.6 Å². The zero-order valence-corrected chi connectivity index (χ0v) is 15.6. The van der Waals surface area contributed by atoms with Gasteiger partial charge in [0.1, 0.15) is 17.2 Å². The van der Waals surface area contributed by atoms with Crippen LogP contribution >= 0.6 is 11.6 Å². The molecule has 0 saturated heterocycles. The highest BCUT2D eigenvalue weighted by Crippen LogP contribution is 2.35. The van der Waals surface area contributed by atoms with Crippen molar-refractivity contribution in [2.24, 2.45) is 0 Å². The fraction of sp³-hybridized carbons (Fsp3) is 0.263. The molecule has 1 aliphatic rings. The zero-order chi connectivity index (χ0) is 19.4. The maximum atomic E-state index is 12.2. The fourth-order valence-electron chi connectivity index (χ4n) is 2.67. The van der Waals surface area contributed by atoms with E-state index < -0.39 is 18.5 Å². The molecule has 2 aromatic carbocycles. The Labute approximate surface area is 161 Å². The van der Waals surface area contributed by atoms with E-state index in [1.54, 1.807) is 18.2 Å². The maximum absolute atomic E-state index is 12.2. The molecular weight excluding hydrogens is 374 g/mol. The zero-order valence-electron chi connectivity index (χ0n) is 14.8. The summed E-state index contributed by atoms with van der Waals surface area (Å²) in [4.78, 5) is 24.3. The van der Waals surface area contributed by atoms with Crippen LogP contribution in [0.25, 0.3) is 0 Å². The van der Waals surface area contributed by atoms with Gasteiger partial charge in [-0.3, -0.25) is 4.79 Å². The molecule has 0 bridgehead atoms. The average molecular weight is 392 g/mol. The van der Waals surface area contributed by atoms with Gasteiger partial charge in [0, 0.05) is 18.6 Å². The quantitative estimate of drug-likeness (QED) is 0.762. The van der Waals surface area contributed by atoms with Gasteiger partial charge >= 0.3 is 5.97 Å². The average Bonchev–Trinajstić information content (AvgIpc) is 3.14. The number of nitrogens with one attached hydrogen (secondary N) is 1. The lowest BCUT2D eigenvalue weighted by molar-refractivity contribution is -0.119. The van der Waals surface area contributed by atoms with Crippen molar-refractivity contribution in [2.75, 3.05) is 32.8 Å². The van der Waals surface area contributed by atoms with E-state index in [2.05, 4.69) is 5.32 Å². The van der Waals surface area contributed by atoms with Crippen LogP contribution in [0, 0.1) is 0 Å². The Morgan fingerprint density at radius 1 is 1.15 bits per heavy atom. The third-order valence-corrected chi connectivity index (χ3v) is 4.30. The Morgan fingerprint density at radius 2 is 1.93 bits per heavy atom. The summed E-state index contributed by atoms with van der Waals surface area (Å²) in [6, 6.07) is 8.10. The highest BCUT2D eigenvalue weighted by Gasteiger charge is 2.17. The highest BCUT2D eigenvalue weighted by atomic mass is 35.5. The van der Waals surface area contributed by atoms with E-state index in [0.717, 1.165) is 17.7 Å². The van der Waals surface area contributed by atoms with Crippen LogP contribution < -0.4 is 19.5 Å². The van der Waals surface area contributed by atoms with Crippen LogP contribution in [0.5, 0.6) is 17.2 Å². The van der Waals surface area contributed by atoms with Crippen molar-refractivity contribution in [3.63, 3.8) is 0 Å². The van der Waals surface area contributed by atoms with Crippen LogP contribution in [0.4, 0.5) is 5.69 Å². The van der Waals surface area contributed by atoms with Crippen LogP contribution in [-0.4, -0.2) is 39.3 Å². The van der Waals surface area contributed by atoms with Gasteiger partial charge in [-0.2, -0.15) is 0 Å². The van der Waals surface area contributed by atoms with E-state index in [-0.39, 0.29) is 0 Å². The predicted octanol–water partition coefficient (Wildman–Crippen LogP) is 3.09. The van der Waals surface area contributed by atoms with Gasteiger partial charge in [-0.25, -0.2) is 4.79 Å². The lowest BCUT2D eigenvalue weighted by Gasteiger charge is -2.13. The van der Waals surface area contributed by atoms with Crippen LogP contribution in [0.3, 0.4) is 0 Å². The monoisotopic (exact) mass is 391 g/mol. The lowest BCUT2D eigenvalue weighted by Crippen LogP contribution is -2.21. The molecule has 2 aromatic rings. The number of anilines is 1. The third-order valence-electron chi connectivity index (χ3n) is 4.01. The number of hydrogen-bond acceptors (Lipinski definition) is 6. The molecule has 27 heavy (non-hydrogen) atoms. The molecule has 0 aliphatic carbocycles. The van der Waals surface area contributed by atoms with E-state index in [0.29, 0.717) is 34.4 Å². The second-order valence-electron chi connectivity index (χ2n) is 5.73. The Bertz CT molecular complexity index is 883. The molecule has 1 amide bonds. The van der Waals surface area contributed by atoms with Crippen molar-refractivity contribution in [1.29, 1.82) is 0 Å². The van der Waals surface area contributed by atoms with Gasteiger partial charge in [0.25, 0.3) is 5.91 Å². The molecular formula is C19H18ClNO6. The second kappa shape index (κ2) is 8.18. The smallest absolute Gasteiger partial charge is 0.338 e. The van der Waals surface area contributed by atoms with Crippen LogP contribution in [0.1, 0.15) is 15.9 Å². The minimum atomic E-state index is -0.583. The van der Waals surface area contributed by atoms with Crippen molar-refractivity contribution >= 4 is 29.2 Å². The number of ether oxygens (including phenoxy) is 4. The first-order valence-electron chi connectivity index (χ1n) is 8.16. The summed E-state index contributed by atoms with van der Waals surface area (Å²) >= 11 is 6.03. The molecule has 1 aliphatic heterocycles. The van der Waals surface area contributed by atoms with Gasteiger partial charge in [0.2, 0.25) is 0 Å². The number of methoxy groups -OCH3 is 2. The Hall–Kier alpha value is -2.93. The Morgan fingerprint density at radius 3 is 2.67 bits per heavy atom. The molecule has 142 valence electrons. The molecule has 1 N–H and O–H groups in total. The number of fused-ring (bicyclic) bond motifs is 1. The number of benzene rings is 2. The summed E-state index contributed by atoms with van der Waals surface area (Å²) in [7, 11) is 2.91. The molecule has 0 atom stereocenters. The summed E-state index contributed by atoms with van der Waals surface area (Å²) in [6.45, 7) is 0.156. The summed E-state index contributed by atoms with van der Waals surface area (Å²) in [5.74, 6) is 0.410. The molecule has 0 unspecified atom stereocenters. The molecule has 0 aromatic heterocycles. The number of esters is 1. The number of hydrogen-bond donors (Lipinski definition) is 1. The topological polar surface area (TPSA) is 83.1 Å². The summed E-state index contributed by atoms with van der Waals surface area (Å²) in [5.41, 5.74) is 1.68. The number of halogens is 1. The van der Waals surface area contributed by atoms with E-state index in [4.69, 9.17) is 30.5 Å². The van der Waals surface area contributed by atoms with Crippen molar-refractivity contribution in [2.45, 2.75) is 6.42 Å². The van der Waals surface area contributed by atoms with Crippen molar-refractivity contribution in [3.8, 4) is 17.2 Å². The molecule has 0 saturated carbocycles. The molecule has 0 radical (unpaired) electrons. The van der Waals surface area contributed by atoms with E-state index in [9.17, 15) is 9.59 Å². The first-order valence-corrected chi connectivity index (χ1v) is 8.54. The lowest BCUT2D eigenvalue weighted by atomic mass is 10.1. The minimum Gasteiger partial charge on any atom is -0.495 e. The van der Waals surface area contributed by atoms with Gasteiger partial charge in [-0.05, 0) is 23.8 Å². The van der Waals surface area contributed by atoms with Crippen LogP contribution in [-0.2, 0) is 16.0 Å². The first kappa shape index (κ1) is 18.8. The van der Waals surface area contributed by atoms with Gasteiger partial charge in [0.15, 0.2) is 6.61 Å². The van der Waals surface area contributed by atoms with Crippen molar-refractivity contribution < 1.29 is 28.5 Å². The highest BCUT2D eigenvalue weighted by molar-refractivity contribution is 6.32. The fourth-order valence-corrected chi connectivity index (χ4v) is 2.90. The molecule has 0 fully saturated rings. The van der Waals surface area contributed by atoms with Crippen molar-refractivity contribution in [3.05, 3.63) is 46.5 Å². The minimum absolute atomic E-state index is 0.347. The number of amides is 1. The van der Waals surface area contributed by atoms with Crippen LogP contribution in [0.2, 0.25) is 5.02 Å². The number of carbonyl (C=O) groups excluding carboxylic acids is 2. The van der Waals surface area contributed by atoms with Crippen molar-refractivity contribution in [1.82, 2.24) is 0 Å². The van der Waals surface area contributed by atoms with Gasteiger partial charge < -0.3 is 24.3 Å². The molecule has 8 heteroatoms. The summed E-state index contributed by atoms with van der Waals surface area (Å²) in [5, 5.41) is 2.96. The molecule has 7 nitrogen and oxygen atoms in total. The second-order valence-corrected chi connectivity index (χ2v) is 6.14. The van der Waals surface area contributed by atoms with Gasteiger partial charge in [0.05, 0.1) is 37.1 Å². The normalized spacial score (nSPS) is 12.0. The maximum Gasteiger partial charge on any atom is 0.338 e. The Kier molecular flexibility index (Phi) is 5.71. The standard InChI is InChI=1S/C19H18ClNO6/c1-24-16-9-14(17(25-2)8-13(16)20)21-18(22)10-27-19(23)12-3-4-15-11(7-12)5-6-26-15/h3-4,7-9H,5-6,10H2,1-2H3,(H,21,22). The third kappa shape index (κ3) is 4.25. The number of rotatable bonds is 6. The van der Waals surface area contributed by atoms with E-state index in [1.165, 1.54) is 26.4 Å². The van der Waals surface area contributed by atoms with Gasteiger partial charge in [-0.15, -0.1) is 0 Å². The SMILES string of the molecule is COc1cc(NC(=O)COC(=O)c2ccc3c(c2)CCO3)c(OC)cc1Cl. The predicted molar refractivity (Wildman–Crippen MR) is 99.1 cm³/mol. The molecule has 0 spiro atoms. The van der Waals surface area contributed by atoms with E-state index >= 15 is 0 Å².